The second-order valence-corrected chi connectivity index (χ2v) is 7.07. The standard InChI is InChI=1S/C22H20ClN3O2/c23-18-5-8-20(9-6-18)28-15-22(27)25-21-10-7-19(13-24-21)26-12-11-16-3-1-2-4-17(16)14-26/h1-10,13H,11-12,14-15H2,(H,24,25,27). The van der Waals surface area contributed by atoms with Gasteiger partial charge >= 0.3 is 0 Å². The van der Waals surface area contributed by atoms with E-state index in [0.717, 1.165) is 25.2 Å². The summed E-state index contributed by atoms with van der Waals surface area (Å²) < 4.78 is 5.44. The number of amides is 1. The monoisotopic (exact) mass is 393 g/mol. The molecule has 2 heterocycles. The third kappa shape index (κ3) is 4.43. The zero-order chi connectivity index (χ0) is 19.3. The molecule has 142 valence electrons. The number of rotatable bonds is 5. The van der Waals surface area contributed by atoms with Crippen molar-refractivity contribution in [1.82, 2.24) is 4.98 Å². The number of aromatic nitrogens is 1. The molecule has 1 aliphatic rings. The fourth-order valence-electron chi connectivity index (χ4n) is 3.22. The molecule has 0 spiro atoms. The number of benzene rings is 2. The van der Waals surface area contributed by atoms with E-state index in [9.17, 15) is 4.79 Å². The lowest BCUT2D eigenvalue weighted by Crippen LogP contribution is -2.30. The predicted octanol–water partition coefficient (Wildman–Crippen LogP) is 4.32. The Labute approximate surface area is 168 Å². The zero-order valence-electron chi connectivity index (χ0n) is 15.3. The molecule has 3 aromatic rings. The summed E-state index contributed by atoms with van der Waals surface area (Å²) in [6.07, 6.45) is 2.82. The van der Waals surface area contributed by atoms with E-state index in [1.807, 2.05) is 12.1 Å². The number of hydrogen-bond acceptors (Lipinski definition) is 4. The van der Waals surface area contributed by atoms with Gasteiger partial charge in [0.2, 0.25) is 0 Å². The number of pyridine rings is 1. The smallest absolute Gasteiger partial charge is 0.263 e. The van der Waals surface area contributed by atoms with E-state index in [-0.39, 0.29) is 12.5 Å². The SMILES string of the molecule is O=C(COc1ccc(Cl)cc1)Nc1ccc(N2CCc3ccccc3C2)cn1. The van der Waals surface area contributed by atoms with Crippen LogP contribution in [-0.2, 0) is 17.8 Å². The van der Waals surface area contributed by atoms with Crippen molar-refractivity contribution in [3.63, 3.8) is 0 Å². The summed E-state index contributed by atoms with van der Waals surface area (Å²) in [6.45, 7) is 1.74. The molecule has 0 radical (unpaired) electrons. The molecule has 0 saturated carbocycles. The van der Waals surface area contributed by atoms with Gasteiger partial charge in [0.15, 0.2) is 6.61 Å². The van der Waals surface area contributed by atoms with E-state index < -0.39 is 0 Å². The largest absolute Gasteiger partial charge is 0.484 e. The van der Waals surface area contributed by atoms with E-state index in [2.05, 4.69) is 39.5 Å². The first-order valence-electron chi connectivity index (χ1n) is 9.13. The Morgan fingerprint density at radius 3 is 2.61 bits per heavy atom. The van der Waals surface area contributed by atoms with E-state index in [1.165, 1.54) is 11.1 Å². The van der Waals surface area contributed by atoms with Crippen molar-refractivity contribution in [1.29, 1.82) is 0 Å². The van der Waals surface area contributed by atoms with Gasteiger partial charge in [0.25, 0.3) is 5.91 Å². The van der Waals surface area contributed by atoms with Crippen LogP contribution in [0, 0.1) is 0 Å². The average Bonchev–Trinajstić information content (AvgIpc) is 2.73. The zero-order valence-corrected chi connectivity index (χ0v) is 16.0. The number of halogens is 1. The summed E-state index contributed by atoms with van der Waals surface area (Å²) in [4.78, 5) is 18.7. The fraction of sp³-hybridized carbons (Fsp3) is 0.182. The van der Waals surface area contributed by atoms with Gasteiger partial charge in [-0.1, -0.05) is 35.9 Å². The molecule has 1 aliphatic heterocycles. The fourth-order valence-corrected chi connectivity index (χ4v) is 3.35. The summed E-state index contributed by atoms with van der Waals surface area (Å²) >= 11 is 5.83. The second-order valence-electron chi connectivity index (χ2n) is 6.63. The van der Waals surface area contributed by atoms with E-state index >= 15 is 0 Å². The molecule has 5 nitrogen and oxygen atoms in total. The Bertz CT molecular complexity index is 958. The van der Waals surface area contributed by atoms with Crippen LogP contribution >= 0.6 is 11.6 Å². The quantitative estimate of drug-likeness (QED) is 0.701. The molecule has 0 fully saturated rings. The molecular formula is C22H20ClN3O2. The van der Waals surface area contributed by atoms with Crippen LogP contribution in [0.25, 0.3) is 0 Å². The van der Waals surface area contributed by atoms with Crippen LogP contribution in [0.2, 0.25) is 5.02 Å². The van der Waals surface area contributed by atoms with Crippen LogP contribution in [0.4, 0.5) is 11.5 Å². The molecular weight excluding hydrogens is 374 g/mol. The predicted molar refractivity (Wildman–Crippen MR) is 111 cm³/mol. The van der Waals surface area contributed by atoms with Gasteiger partial charge in [-0.2, -0.15) is 0 Å². The highest BCUT2D eigenvalue weighted by Gasteiger charge is 2.16. The number of ether oxygens (including phenoxy) is 1. The first-order chi connectivity index (χ1) is 13.7. The van der Waals surface area contributed by atoms with E-state index in [1.54, 1.807) is 30.5 Å². The second kappa shape index (κ2) is 8.31. The Kier molecular flexibility index (Phi) is 5.44. The molecule has 2 aromatic carbocycles. The van der Waals surface area contributed by atoms with E-state index in [0.29, 0.717) is 16.6 Å². The summed E-state index contributed by atoms with van der Waals surface area (Å²) in [5.41, 5.74) is 3.81. The first-order valence-corrected chi connectivity index (χ1v) is 9.51. The Morgan fingerprint density at radius 1 is 1.07 bits per heavy atom. The summed E-state index contributed by atoms with van der Waals surface area (Å²) in [5, 5.41) is 3.37. The maximum atomic E-state index is 12.1. The molecule has 0 atom stereocenters. The van der Waals surface area contributed by atoms with Crippen molar-refractivity contribution in [3.05, 3.63) is 83.0 Å². The Morgan fingerprint density at radius 2 is 1.86 bits per heavy atom. The topological polar surface area (TPSA) is 54.5 Å². The minimum atomic E-state index is -0.262. The number of carbonyl (C=O) groups is 1. The van der Waals surface area contributed by atoms with Gasteiger partial charge in [-0.05, 0) is 53.9 Å². The van der Waals surface area contributed by atoms with Crippen LogP contribution in [0.3, 0.4) is 0 Å². The lowest BCUT2D eigenvalue weighted by Gasteiger charge is -2.30. The number of anilines is 2. The highest BCUT2D eigenvalue weighted by molar-refractivity contribution is 6.30. The van der Waals surface area contributed by atoms with E-state index in [4.69, 9.17) is 16.3 Å². The number of carbonyl (C=O) groups excluding carboxylic acids is 1. The normalized spacial score (nSPS) is 13.0. The Hall–Kier alpha value is -3.05. The van der Waals surface area contributed by atoms with Crippen molar-refractivity contribution in [2.75, 3.05) is 23.4 Å². The van der Waals surface area contributed by atoms with Crippen molar-refractivity contribution in [2.45, 2.75) is 13.0 Å². The van der Waals surface area contributed by atoms with Gasteiger partial charge in [-0.3, -0.25) is 4.79 Å². The average molecular weight is 394 g/mol. The molecule has 1 N–H and O–H groups in total. The number of nitrogens with zero attached hydrogens (tertiary/aromatic N) is 2. The summed E-state index contributed by atoms with van der Waals surface area (Å²) in [6, 6.07) is 19.2. The van der Waals surface area contributed by atoms with Gasteiger partial charge in [-0.25, -0.2) is 4.98 Å². The maximum absolute atomic E-state index is 12.1. The molecule has 0 saturated heterocycles. The van der Waals surface area contributed by atoms with Crippen LogP contribution in [0.5, 0.6) is 5.75 Å². The minimum absolute atomic E-state index is 0.0893. The molecule has 6 heteroatoms. The minimum Gasteiger partial charge on any atom is -0.484 e. The first kappa shape index (κ1) is 18.3. The summed E-state index contributed by atoms with van der Waals surface area (Å²) in [5.74, 6) is 0.834. The third-order valence-corrected chi connectivity index (χ3v) is 4.95. The third-order valence-electron chi connectivity index (χ3n) is 4.69. The van der Waals surface area contributed by atoms with Gasteiger partial charge in [0.05, 0.1) is 11.9 Å². The van der Waals surface area contributed by atoms with Gasteiger partial charge in [0, 0.05) is 18.1 Å². The highest BCUT2D eigenvalue weighted by Crippen LogP contribution is 2.24. The number of nitrogens with one attached hydrogen (secondary N) is 1. The molecule has 1 aromatic heterocycles. The van der Waals surface area contributed by atoms with Crippen molar-refractivity contribution < 1.29 is 9.53 Å². The van der Waals surface area contributed by atoms with Crippen LogP contribution in [0.15, 0.2) is 66.9 Å². The molecule has 4 rings (SSSR count). The number of hydrogen-bond donors (Lipinski definition) is 1. The molecule has 0 bridgehead atoms. The highest BCUT2D eigenvalue weighted by atomic mass is 35.5. The van der Waals surface area contributed by atoms with Crippen molar-refractivity contribution in [2.24, 2.45) is 0 Å². The molecule has 28 heavy (non-hydrogen) atoms. The van der Waals surface area contributed by atoms with Gasteiger partial charge in [-0.15, -0.1) is 0 Å². The van der Waals surface area contributed by atoms with Crippen LogP contribution < -0.4 is 15.0 Å². The lowest BCUT2D eigenvalue weighted by molar-refractivity contribution is -0.118. The van der Waals surface area contributed by atoms with Gasteiger partial charge < -0.3 is 15.0 Å². The van der Waals surface area contributed by atoms with Crippen LogP contribution in [-0.4, -0.2) is 24.0 Å². The number of fused-ring (bicyclic) bond motifs is 1. The molecule has 1 amide bonds. The van der Waals surface area contributed by atoms with Crippen molar-refractivity contribution >= 4 is 29.0 Å². The van der Waals surface area contributed by atoms with Crippen LogP contribution in [0.1, 0.15) is 11.1 Å². The maximum Gasteiger partial charge on any atom is 0.263 e. The van der Waals surface area contributed by atoms with Crippen molar-refractivity contribution in [3.8, 4) is 5.75 Å². The summed E-state index contributed by atoms with van der Waals surface area (Å²) in [7, 11) is 0. The van der Waals surface area contributed by atoms with Gasteiger partial charge in [0.1, 0.15) is 11.6 Å². The molecule has 0 aliphatic carbocycles. The lowest BCUT2D eigenvalue weighted by atomic mass is 10.00. The Balaban J connectivity index is 1.32. The molecule has 0 unspecified atom stereocenters.